The van der Waals surface area contributed by atoms with Crippen molar-refractivity contribution >= 4 is 23.7 Å². The van der Waals surface area contributed by atoms with Crippen molar-refractivity contribution in [3.8, 4) is 0 Å². The van der Waals surface area contributed by atoms with Gasteiger partial charge in [-0.15, -0.1) is 12.6 Å². The van der Waals surface area contributed by atoms with Crippen molar-refractivity contribution in [3.05, 3.63) is 0 Å². The molecule has 0 aromatic heterocycles. The first-order chi connectivity index (χ1) is 7.98. The molecule has 0 bridgehead atoms. The van der Waals surface area contributed by atoms with Gasteiger partial charge in [0.2, 0.25) is 5.12 Å². The molecule has 0 heterocycles. The van der Waals surface area contributed by atoms with Crippen LogP contribution in [0.2, 0.25) is 0 Å². The highest BCUT2D eigenvalue weighted by atomic mass is 32.1. The lowest BCUT2D eigenvalue weighted by atomic mass is 9.94. The summed E-state index contributed by atoms with van der Waals surface area (Å²) < 4.78 is 5.54. The minimum atomic E-state index is -1.25. The SMILES string of the molecule is CCCCOC(CCCC)(CC(=O)O)C(=O)S. The number of thiol groups is 1. The number of carbonyl (C=O) groups is 2. The lowest BCUT2D eigenvalue weighted by Gasteiger charge is -2.29. The highest BCUT2D eigenvalue weighted by Gasteiger charge is 2.39. The average Bonchev–Trinajstić information content (AvgIpc) is 2.25. The number of carboxylic acid groups (broad SMARTS) is 1. The molecule has 1 N–H and O–H groups in total. The third-order valence-corrected chi connectivity index (χ3v) is 3.04. The van der Waals surface area contributed by atoms with Crippen LogP contribution in [0.5, 0.6) is 0 Å². The number of hydrogen-bond donors (Lipinski definition) is 2. The van der Waals surface area contributed by atoms with E-state index in [1.807, 2.05) is 13.8 Å². The Labute approximate surface area is 108 Å². The summed E-state index contributed by atoms with van der Waals surface area (Å²) >= 11 is 3.80. The van der Waals surface area contributed by atoms with E-state index in [0.717, 1.165) is 25.7 Å². The van der Waals surface area contributed by atoms with Gasteiger partial charge in [0.25, 0.3) is 0 Å². The van der Waals surface area contributed by atoms with Gasteiger partial charge in [-0.2, -0.15) is 0 Å². The highest BCUT2D eigenvalue weighted by molar-refractivity contribution is 7.96. The fourth-order valence-electron chi connectivity index (χ4n) is 1.57. The van der Waals surface area contributed by atoms with E-state index < -0.39 is 16.7 Å². The number of aliphatic carboxylic acids is 1. The molecule has 0 saturated carbocycles. The molecule has 0 aliphatic carbocycles. The molecular formula is C12H22O4S. The van der Waals surface area contributed by atoms with Crippen molar-refractivity contribution in [2.75, 3.05) is 6.61 Å². The van der Waals surface area contributed by atoms with E-state index in [9.17, 15) is 9.59 Å². The van der Waals surface area contributed by atoms with E-state index in [1.165, 1.54) is 0 Å². The van der Waals surface area contributed by atoms with Crippen molar-refractivity contribution in [2.24, 2.45) is 0 Å². The van der Waals surface area contributed by atoms with Crippen LogP contribution < -0.4 is 0 Å². The van der Waals surface area contributed by atoms with E-state index in [2.05, 4.69) is 12.6 Å². The van der Waals surface area contributed by atoms with Crippen LogP contribution in [-0.2, 0) is 14.3 Å². The predicted octanol–water partition coefficient (Wildman–Crippen LogP) is 2.66. The number of carboxylic acids is 1. The van der Waals surface area contributed by atoms with Gasteiger partial charge in [-0.1, -0.05) is 33.1 Å². The molecule has 0 saturated heterocycles. The summed E-state index contributed by atoms with van der Waals surface area (Å²) in [5.74, 6) is -1.03. The standard InChI is InChI=1S/C12H22O4S/c1-3-5-7-12(11(15)17,9-10(13)14)16-8-6-4-2/h3-9H2,1-2H3,(H,13,14)(H,15,17). The van der Waals surface area contributed by atoms with Crippen molar-refractivity contribution in [1.29, 1.82) is 0 Å². The first kappa shape index (κ1) is 16.4. The molecule has 0 aromatic carbocycles. The third kappa shape index (κ3) is 6.07. The molecule has 17 heavy (non-hydrogen) atoms. The zero-order chi connectivity index (χ0) is 13.3. The molecule has 0 rings (SSSR count). The number of rotatable bonds is 10. The summed E-state index contributed by atoms with van der Waals surface area (Å²) in [6.07, 6.45) is 3.51. The van der Waals surface area contributed by atoms with Crippen LogP contribution in [0.3, 0.4) is 0 Å². The summed E-state index contributed by atoms with van der Waals surface area (Å²) in [6, 6.07) is 0. The molecule has 0 amide bonds. The summed E-state index contributed by atoms with van der Waals surface area (Å²) in [4.78, 5) is 22.4. The van der Waals surface area contributed by atoms with E-state index in [4.69, 9.17) is 9.84 Å². The second kappa shape index (κ2) is 8.53. The highest BCUT2D eigenvalue weighted by Crippen LogP contribution is 2.27. The van der Waals surface area contributed by atoms with Crippen molar-refractivity contribution in [3.63, 3.8) is 0 Å². The third-order valence-electron chi connectivity index (χ3n) is 2.64. The van der Waals surface area contributed by atoms with Gasteiger partial charge < -0.3 is 9.84 Å². The van der Waals surface area contributed by atoms with Gasteiger partial charge >= 0.3 is 5.97 Å². The normalized spacial score (nSPS) is 14.3. The first-order valence-electron chi connectivity index (χ1n) is 6.07. The molecular weight excluding hydrogens is 240 g/mol. The zero-order valence-corrected chi connectivity index (χ0v) is 11.5. The van der Waals surface area contributed by atoms with Crippen LogP contribution in [0.15, 0.2) is 0 Å². The van der Waals surface area contributed by atoms with E-state index >= 15 is 0 Å². The minimum absolute atomic E-state index is 0.307. The molecule has 1 unspecified atom stereocenters. The smallest absolute Gasteiger partial charge is 0.306 e. The quantitative estimate of drug-likeness (QED) is 0.469. The largest absolute Gasteiger partial charge is 0.481 e. The van der Waals surface area contributed by atoms with Crippen LogP contribution in [0.1, 0.15) is 52.4 Å². The van der Waals surface area contributed by atoms with Crippen molar-refractivity contribution in [2.45, 2.75) is 58.0 Å². The zero-order valence-electron chi connectivity index (χ0n) is 10.6. The van der Waals surface area contributed by atoms with Gasteiger partial charge in [0.1, 0.15) is 5.60 Å². The summed E-state index contributed by atoms with van der Waals surface area (Å²) in [6.45, 7) is 4.40. The second-order valence-electron chi connectivity index (χ2n) is 4.18. The molecule has 100 valence electrons. The van der Waals surface area contributed by atoms with Crippen LogP contribution >= 0.6 is 12.6 Å². The van der Waals surface area contributed by atoms with Crippen LogP contribution in [0.4, 0.5) is 0 Å². The van der Waals surface area contributed by atoms with Gasteiger partial charge in [0.05, 0.1) is 6.42 Å². The number of unbranched alkanes of at least 4 members (excludes halogenated alkanes) is 2. The monoisotopic (exact) mass is 262 g/mol. The van der Waals surface area contributed by atoms with Gasteiger partial charge in [0.15, 0.2) is 0 Å². The minimum Gasteiger partial charge on any atom is -0.481 e. The molecule has 0 aliphatic heterocycles. The van der Waals surface area contributed by atoms with E-state index in [-0.39, 0.29) is 6.42 Å². The Morgan fingerprint density at radius 1 is 1.24 bits per heavy atom. The molecule has 1 atom stereocenters. The fraction of sp³-hybridized carbons (Fsp3) is 0.833. The van der Waals surface area contributed by atoms with Crippen LogP contribution in [0.25, 0.3) is 0 Å². The number of ether oxygens (including phenoxy) is 1. The molecule has 5 heteroatoms. The van der Waals surface area contributed by atoms with Gasteiger partial charge in [-0.25, -0.2) is 0 Å². The fourth-order valence-corrected chi connectivity index (χ4v) is 1.83. The Morgan fingerprint density at radius 2 is 1.82 bits per heavy atom. The maximum absolute atomic E-state index is 11.6. The van der Waals surface area contributed by atoms with Crippen LogP contribution in [0, 0.1) is 0 Å². The van der Waals surface area contributed by atoms with Crippen molar-refractivity contribution in [1.82, 2.24) is 0 Å². The Morgan fingerprint density at radius 3 is 2.24 bits per heavy atom. The van der Waals surface area contributed by atoms with Crippen LogP contribution in [-0.4, -0.2) is 28.4 Å². The average molecular weight is 262 g/mol. The van der Waals surface area contributed by atoms with Gasteiger partial charge in [0, 0.05) is 6.61 Å². The maximum Gasteiger partial charge on any atom is 0.306 e. The number of hydrogen-bond acceptors (Lipinski definition) is 3. The lowest BCUT2D eigenvalue weighted by Crippen LogP contribution is -2.41. The summed E-state index contributed by atoms with van der Waals surface area (Å²) in [5, 5.41) is 8.41. The predicted molar refractivity (Wildman–Crippen MR) is 69.4 cm³/mol. The topological polar surface area (TPSA) is 63.6 Å². The first-order valence-corrected chi connectivity index (χ1v) is 6.52. The Kier molecular flexibility index (Phi) is 8.25. The molecule has 0 radical (unpaired) electrons. The summed E-state index contributed by atoms with van der Waals surface area (Å²) in [7, 11) is 0. The Hall–Kier alpha value is -0.550. The van der Waals surface area contributed by atoms with E-state index in [1.54, 1.807) is 0 Å². The van der Waals surface area contributed by atoms with Gasteiger partial charge in [-0.05, 0) is 12.8 Å². The lowest BCUT2D eigenvalue weighted by molar-refractivity contribution is -0.153. The Balaban J connectivity index is 4.68. The molecule has 0 spiro atoms. The van der Waals surface area contributed by atoms with Gasteiger partial charge in [-0.3, -0.25) is 9.59 Å². The van der Waals surface area contributed by atoms with Crippen molar-refractivity contribution < 1.29 is 19.4 Å². The maximum atomic E-state index is 11.6. The Bertz CT molecular complexity index is 255. The molecule has 4 nitrogen and oxygen atoms in total. The molecule has 0 fully saturated rings. The number of carbonyl (C=O) groups excluding carboxylic acids is 1. The van der Waals surface area contributed by atoms with E-state index in [0.29, 0.717) is 13.0 Å². The molecule has 0 aromatic rings. The summed E-state index contributed by atoms with van der Waals surface area (Å²) in [5.41, 5.74) is -1.25. The molecule has 0 aliphatic rings. The second-order valence-corrected chi connectivity index (χ2v) is 4.58.